The molecule has 0 N–H and O–H groups in total. The van der Waals surface area contributed by atoms with Crippen molar-refractivity contribution < 1.29 is 4.55 Å². The van der Waals surface area contributed by atoms with E-state index >= 15 is 0 Å². The smallest absolute Gasteiger partial charge is 0.138 e. The highest BCUT2D eigenvalue weighted by atomic mass is 33.1. The van der Waals surface area contributed by atoms with Crippen molar-refractivity contribution in [1.82, 2.24) is 0 Å². The van der Waals surface area contributed by atoms with Crippen LogP contribution in [0.3, 0.4) is 0 Å². The molecule has 0 bridgehead atoms. The average molecular weight is 144 g/mol. The van der Waals surface area contributed by atoms with Gasteiger partial charge in [-0.15, -0.1) is 6.42 Å². The van der Waals surface area contributed by atoms with Crippen LogP contribution in [0.4, 0.5) is 0 Å². The molecule has 1 heterocycles. The lowest BCUT2D eigenvalue weighted by Crippen LogP contribution is -1.88. The summed E-state index contributed by atoms with van der Waals surface area (Å²) in [6, 6.07) is 0. The monoisotopic (exact) mass is 144 g/mol. The summed E-state index contributed by atoms with van der Waals surface area (Å²) >= 11 is 0. The summed E-state index contributed by atoms with van der Waals surface area (Å²) in [6.07, 6.45) is 6.82. The second kappa shape index (κ2) is 2.49. The molecule has 0 aliphatic carbocycles. The van der Waals surface area contributed by atoms with Crippen molar-refractivity contribution in [1.29, 1.82) is 0 Å². The van der Waals surface area contributed by atoms with Crippen LogP contribution in [0.25, 0.3) is 0 Å². The van der Waals surface area contributed by atoms with Crippen molar-refractivity contribution in [2.45, 2.75) is 5.25 Å². The summed E-state index contributed by atoms with van der Waals surface area (Å²) in [5.41, 5.74) is 0. The predicted molar refractivity (Wildman–Crippen MR) is 37.5 cm³/mol. The van der Waals surface area contributed by atoms with Crippen LogP contribution < -0.4 is 0 Å². The van der Waals surface area contributed by atoms with Gasteiger partial charge in [-0.3, -0.25) is 0 Å². The summed E-state index contributed by atoms with van der Waals surface area (Å²) in [5.74, 6) is 2.48. The van der Waals surface area contributed by atoms with Gasteiger partial charge in [0, 0.05) is 0 Å². The summed E-state index contributed by atoms with van der Waals surface area (Å²) in [7, 11) is 0.431. The minimum absolute atomic E-state index is 0.0378. The molecule has 1 rings (SSSR count). The highest BCUT2D eigenvalue weighted by Gasteiger charge is 2.19. The Morgan fingerprint density at radius 1 is 1.88 bits per heavy atom. The minimum Gasteiger partial charge on any atom is -0.601 e. The molecule has 3 heteroatoms. The zero-order valence-corrected chi connectivity index (χ0v) is 5.67. The van der Waals surface area contributed by atoms with Gasteiger partial charge in [0.25, 0.3) is 0 Å². The first-order valence-corrected chi connectivity index (χ1v) is 4.66. The number of rotatable bonds is 0. The molecule has 42 valence electrons. The number of terminal acetylenes is 1. The van der Waals surface area contributed by atoms with Gasteiger partial charge in [0.15, 0.2) is 0 Å². The Labute approximate surface area is 55.1 Å². The number of hydrogen-bond donors (Lipinski definition) is 0. The third-order valence-electron chi connectivity index (χ3n) is 0.727. The van der Waals surface area contributed by atoms with Gasteiger partial charge < -0.3 is 4.55 Å². The maximum absolute atomic E-state index is 10.5. The third-order valence-corrected chi connectivity index (χ3v) is 3.32. The average Bonchev–Trinajstić information content (AvgIpc) is 2.14. The SMILES string of the molecule is C#CC1C=C[S+]([O-])S1. The van der Waals surface area contributed by atoms with Crippen LogP contribution in [0.2, 0.25) is 0 Å². The third kappa shape index (κ3) is 1.22. The van der Waals surface area contributed by atoms with Crippen molar-refractivity contribution in [3.8, 4) is 12.3 Å². The molecular formula is C5H4OS2. The molecule has 1 aliphatic heterocycles. The highest BCUT2D eigenvalue weighted by molar-refractivity contribution is 8.73. The Kier molecular flexibility index (Phi) is 1.90. The van der Waals surface area contributed by atoms with Gasteiger partial charge >= 0.3 is 0 Å². The first-order chi connectivity index (χ1) is 3.83. The van der Waals surface area contributed by atoms with Gasteiger partial charge in [-0.25, -0.2) is 0 Å². The zero-order valence-electron chi connectivity index (χ0n) is 4.03. The predicted octanol–water partition coefficient (Wildman–Crippen LogP) is 0.912. The first kappa shape index (κ1) is 6.09. The second-order valence-electron chi connectivity index (χ2n) is 1.27. The molecule has 1 nitrogen and oxygen atoms in total. The maximum Gasteiger partial charge on any atom is 0.138 e. The Balaban J connectivity index is 2.49. The Morgan fingerprint density at radius 2 is 2.62 bits per heavy atom. The topological polar surface area (TPSA) is 23.1 Å². The lowest BCUT2D eigenvalue weighted by molar-refractivity contribution is 0.617. The summed E-state index contributed by atoms with van der Waals surface area (Å²) < 4.78 is 10.5. The fraction of sp³-hybridized carbons (Fsp3) is 0.200. The molecule has 0 aromatic carbocycles. The van der Waals surface area contributed by atoms with E-state index in [1.54, 1.807) is 11.5 Å². The summed E-state index contributed by atoms with van der Waals surface area (Å²) in [5, 5.41) is 1.66. The van der Waals surface area contributed by atoms with Crippen molar-refractivity contribution in [3.63, 3.8) is 0 Å². The Hall–Kier alpha value is -0.0400. The first-order valence-electron chi connectivity index (χ1n) is 2.05. The van der Waals surface area contributed by atoms with Crippen LogP contribution in [-0.4, -0.2) is 9.80 Å². The normalized spacial score (nSPS) is 35.0. The van der Waals surface area contributed by atoms with Crippen LogP contribution in [0.1, 0.15) is 0 Å². The molecule has 0 amide bonds. The standard InChI is InChI=1S/C5H4OS2/c1-2-5-3-4-8(6)7-5/h1,3-5H. The van der Waals surface area contributed by atoms with Crippen LogP contribution >= 0.6 is 10.8 Å². The zero-order chi connectivity index (χ0) is 5.98. The van der Waals surface area contributed by atoms with Crippen LogP contribution in [0.5, 0.6) is 0 Å². The Morgan fingerprint density at radius 3 is 2.88 bits per heavy atom. The summed E-state index contributed by atoms with van der Waals surface area (Å²) in [4.78, 5) is 0. The molecule has 8 heavy (non-hydrogen) atoms. The van der Waals surface area contributed by atoms with E-state index in [1.165, 1.54) is 10.8 Å². The van der Waals surface area contributed by atoms with Crippen molar-refractivity contribution in [2.24, 2.45) is 0 Å². The van der Waals surface area contributed by atoms with Gasteiger partial charge in [0.1, 0.15) is 21.5 Å². The molecule has 1 aliphatic rings. The van der Waals surface area contributed by atoms with Gasteiger partial charge in [0.2, 0.25) is 0 Å². The largest absolute Gasteiger partial charge is 0.601 e. The quantitative estimate of drug-likeness (QED) is 0.286. The summed E-state index contributed by atoms with van der Waals surface area (Å²) in [6.45, 7) is 0. The van der Waals surface area contributed by atoms with E-state index in [2.05, 4.69) is 5.92 Å². The molecular weight excluding hydrogens is 140 g/mol. The molecule has 0 saturated heterocycles. The molecule has 2 atom stereocenters. The van der Waals surface area contributed by atoms with E-state index in [1.807, 2.05) is 0 Å². The van der Waals surface area contributed by atoms with Crippen molar-refractivity contribution >= 4 is 21.0 Å². The fourth-order valence-corrected chi connectivity index (χ4v) is 2.59. The second-order valence-corrected chi connectivity index (χ2v) is 4.33. The molecule has 0 saturated carbocycles. The van der Waals surface area contributed by atoms with Crippen LogP contribution in [0.15, 0.2) is 11.5 Å². The van der Waals surface area contributed by atoms with Crippen LogP contribution in [0, 0.1) is 12.3 Å². The lowest BCUT2D eigenvalue weighted by Gasteiger charge is -1.94. The van der Waals surface area contributed by atoms with E-state index in [9.17, 15) is 4.55 Å². The Bertz CT molecular complexity index is 147. The van der Waals surface area contributed by atoms with Crippen molar-refractivity contribution in [3.05, 3.63) is 11.5 Å². The molecule has 2 unspecified atom stereocenters. The molecule has 0 aromatic heterocycles. The lowest BCUT2D eigenvalue weighted by atomic mass is 10.4. The molecule has 0 spiro atoms. The highest BCUT2D eigenvalue weighted by Crippen LogP contribution is 2.27. The van der Waals surface area contributed by atoms with Gasteiger partial charge in [-0.2, -0.15) is 0 Å². The molecule has 0 fully saturated rings. The fourth-order valence-electron chi connectivity index (χ4n) is 0.385. The molecule has 0 radical (unpaired) electrons. The number of hydrogen-bond acceptors (Lipinski definition) is 2. The van der Waals surface area contributed by atoms with E-state index in [-0.39, 0.29) is 5.25 Å². The van der Waals surface area contributed by atoms with Crippen LogP contribution in [-0.2, 0) is 10.2 Å². The minimum atomic E-state index is -0.859. The van der Waals surface area contributed by atoms with E-state index < -0.39 is 10.2 Å². The van der Waals surface area contributed by atoms with Gasteiger partial charge in [-0.1, -0.05) is 5.92 Å². The van der Waals surface area contributed by atoms with E-state index in [4.69, 9.17) is 6.42 Å². The van der Waals surface area contributed by atoms with E-state index in [0.29, 0.717) is 0 Å². The van der Waals surface area contributed by atoms with Gasteiger partial charge in [0.05, 0.1) is 10.2 Å². The molecule has 0 aromatic rings. The maximum atomic E-state index is 10.5. The van der Waals surface area contributed by atoms with E-state index in [0.717, 1.165) is 0 Å². The van der Waals surface area contributed by atoms with Crippen molar-refractivity contribution in [2.75, 3.05) is 0 Å². The van der Waals surface area contributed by atoms with Gasteiger partial charge in [-0.05, 0) is 6.08 Å².